The molecule has 0 heterocycles. The van der Waals surface area contributed by atoms with Gasteiger partial charge >= 0.3 is 0 Å². The van der Waals surface area contributed by atoms with Gasteiger partial charge in [-0.1, -0.05) is 17.7 Å². The Balaban J connectivity index is 2.28. The van der Waals surface area contributed by atoms with Gasteiger partial charge in [-0.25, -0.2) is 12.7 Å². The second-order valence-corrected chi connectivity index (χ2v) is 7.06. The highest BCUT2D eigenvalue weighted by Gasteiger charge is 2.18. The molecule has 5 nitrogen and oxygen atoms in total. The van der Waals surface area contributed by atoms with Crippen LogP contribution in [0.3, 0.4) is 0 Å². The van der Waals surface area contributed by atoms with Crippen LogP contribution >= 0.6 is 0 Å². The van der Waals surface area contributed by atoms with Crippen molar-refractivity contribution < 1.29 is 17.9 Å². The third kappa shape index (κ3) is 3.81. The van der Waals surface area contributed by atoms with E-state index in [1.54, 1.807) is 49.6 Å². The summed E-state index contributed by atoms with van der Waals surface area (Å²) in [6, 6.07) is 14.4. The Hall–Kier alpha value is -2.65. The molecule has 2 rings (SSSR count). The monoisotopic (exact) mass is 345 g/mol. The lowest BCUT2D eigenvalue weighted by Crippen LogP contribution is -2.22. The molecule has 0 aliphatic heterocycles. The summed E-state index contributed by atoms with van der Waals surface area (Å²) < 4.78 is 36.3. The number of ether oxygens (including phenoxy) is 2. The summed E-state index contributed by atoms with van der Waals surface area (Å²) in [6.07, 6.45) is 0. The van der Waals surface area contributed by atoms with E-state index in [1.165, 1.54) is 14.2 Å². The second kappa shape index (κ2) is 7.28. The molecule has 0 spiro atoms. The summed E-state index contributed by atoms with van der Waals surface area (Å²) in [7, 11) is 0.847. The van der Waals surface area contributed by atoms with E-state index in [9.17, 15) is 8.42 Å². The number of hydrogen-bond donors (Lipinski definition) is 0. The molecule has 0 radical (unpaired) electrons. The van der Waals surface area contributed by atoms with Crippen molar-refractivity contribution in [1.82, 2.24) is 4.31 Å². The number of hydrogen-bond acceptors (Lipinski definition) is 4. The van der Waals surface area contributed by atoms with Gasteiger partial charge in [0.25, 0.3) is 10.0 Å². The Labute approximate surface area is 142 Å². The smallest absolute Gasteiger partial charge is 0.270 e. The van der Waals surface area contributed by atoms with E-state index >= 15 is 0 Å². The minimum Gasteiger partial charge on any atom is -0.493 e. The highest BCUT2D eigenvalue weighted by molar-refractivity contribution is 7.89. The van der Waals surface area contributed by atoms with Crippen molar-refractivity contribution in [2.24, 2.45) is 0 Å². The molecule has 0 saturated heterocycles. The predicted octanol–water partition coefficient (Wildman–Crippen LogP) is 2.64. The number of benzene rings is 2. The lowest BCUT2D eigenvalue weighted by molar-refractivity contribution is 0.355. The molecule has 0 aliphatic carbocycles. The molecule has 0 unspecified atom stereocenters. The molecule has 0 aliphatic rings. The maximum absolute atomic E-state index is 12.5. The summed E-state index contributed by atoms with van der Waals surface area (Å²) in [6.45, 7) is 1.90. The zero-order valence-corrected chi connectivity index (χ0v) is 14.8. The maximum Gasteiger partial charge on any atom is 0.270 e. The molecule has 2 aromatic rings. The van der Waals surface area contributed by atoms with Crippen LogP contribution < -0.4 is 9.47 Å². The first-order chi connectivity index (χ1) is 11.4. The predicted molar refractivity (Wildman–Crippen MR) is 92.6 cm³/mol. The third-order valence-corrected chi connectivity index (χ3v) is 5.10. The third-order valence-electron chi connectivity index (χ3n) is 3.42. The van der Waals surface area contributed by atoms with Crippen LogP contribution in [0.1, 0.15) is 11.1 Å². The van der Waals surface area contributed by atoms with Crippen LogP contribution in [0.4, 0.5) is 0 Å². The lowest BCUT2D eigenvalue weighted by atomic mass is 10.2. The van der Waals surface area contributed by atoms with E-state index in [0.717, 1.165) is 9.87 Å². The minimum absolute atomic E-state index is 0.206. The van der Waals surface area contributed by atoms with Gasteiger partial charge in [0.2, 0.25) is 0 Å². The quantitative estimate of drug-likeness (QED) is 0.631. The molecule has 6 heteroatoms. The molecule has 0 fully saturated rings. The van der Waals surface area contributed by atoms with Crippen LogP contribution in [0.5, 0.6) is 11.5 Å². The molecule has 0 saturated carbocycles. The zero-order valence-electron chi connectivity index (χ0n) is 14.0. The largest absolute Gasteiger partial charge is 0.493 e. The van der Waals surface area contributed by atoms with Gasteiger partial charge < -0.3 is 9.47 Å². The van der Waals surface area contributed by atoms with Crippen molar-refractivity contribution in [1.29, 1.82) is 0 Å². The second-order valence-electron chi connectivity index (χ2n) is 5.09. The summed E-state index contributed by atoms with van der Waals surface area (Å²) in [5, 5.41) is 0. The van der Waals surface area contributed by atoms with E-state index in [1.807, 2.05) is 6.92 Å². The van der Waals surface area contributed by atoms with Crippen LogP contribution in [-0.2, 0) is 10.0 Å². The number of aryl methyl sites for hydroxylation is 1. The molecular formula is C18H19NO4S. The molecule has 0 atom stereocenters. The van der Waals surface area contributed by atoms with Crippen LogP contribution in [0, 0.1) is 18.9 Å². The van der Waals surface area contributed by atoms with E-state index < -0.39 is 10.0 Å². The van der Waals surface area contributed by atoms with Crippen molar-refractivity contribution in [3.63, 3.8) is 0 Å². The molecule has 0 N–H and O–H groups in total. The summed E-state index contributed by atoms with van der Waals surface area (Å²) >= 11 is 0. The topological polar surface area (TPSA) is 55.8 Å². The summed E-state index contributed by atoms with van der Waals surface area (Å²) in [5.41, 5.74) is 1.62. The Morgan fingerprint density at radius 1 is 0.958 bits per heavy atom. The number of methoxy groups -OCH3 is 2. The average Bonchev–Trinajstić information content (AvgIpc) is 2.59. The molecular weight excluding hydrogens is 326 g/mol. The number of sulfonamides is 1. The highest BCUT2D eigenvalue weighted by atomic mass is 32.2. The molecule has 24 heavy (non-hydrogen) atoms. The lowest BCUT2D eigenvalue weighted by Gasteiger charge is -2.12. The van der Waals surface area contributed by atoms with Crippen LogP contribution in [-0.4, -0.2) is 34.0 Å². The van der Waals surface area contributed by atoms with Gasteiger partial charge in [0, 0.05) is 18.7 Å². The molecule has 0 bridgehead atoms. The fourth-order valence-corrected chi connectivity index (χ4v) is 2.95. The van der Waals surface area contributed by atoms with Gasteiger partial charge in [-0.05, 0) is 43.2 Å². The van der Waals surface area contributed by atoms with Crippen LogP contribution in [0.2, 0.25) is 0 Å². The Morgan fingerprint density at radius 2 is 1.58 bits per heavy atom. The molecule has 0 amide bonds. The minimum atomic E-state index is -3.65. The Bertz CT molecular complexity index is 877. The van der Waals surface area contributed by atoms with Gasteiger partial charge in [-0.3, -0.25) is 0 Å². The van der Waals surface area contributed by atoms with Gasteiger partial charge in [-0.15, -0.1) is 0 Å². The Kier molecular flexibility index (Phi) is 5.37. The standard InChI is InChI=1S/C18H19NO4S/c1-14-5-8-16(9-6-14)24(20,21)19(2)12-11-15-7-10-17(22-3)18(13-15)23-4/h5-10,13H,1-4H3. The fraction of sp³-hybridized carbons (Fsp3) is 0.222. The first-order valence-corrected chi connectivity index (χ1v) is 8.62. The number of nitrogens with zero attached hydrogens (tertiary/aromatic N) is 1. The number of rotatable bonds is 4. The van der Waals surface area contributed by atoms with Crippen molar-refractivity contribution in [3.05, 3.63) is 53.6 Å². The van der Waals surface area contributed by atoms with E-state index in [4.69, 9.17) is 9.47 Å². The highest BCUT2D eigenvalue weighted by Crippen LogP contribution is 2.27. The Morgan fingerprint density at radius 3 is 2.17 bits per heavy atom. The van der Waals surface area contributed by atoms with E-state index in [-0.39, 0.29) is 4.90 Å². The van der Waals surface area contributed by atoms with Gasteiger partial charge in [0.15, 0.2) is 11.5 Å². The fourth-order valence-electron chi connectivity index (χ4n) is 1.99. The van der Waals surface area contributed by atoms with Crippen LogP contribution in [0.15, 0.2) is 47.4 Å². The van der Waals surface area contributed by atoms with Gasteiger partial charge in [0.05, 0.1) is 19.1 Å². The van der Waals surface area contributed by atoms with Gasteiger partial charge in [0.1, 0.15) is 0 Å². The van der Waals surface area contributed by atoms with E-state index in [2.05, 4.69) is 12.0 Å². The van der Waals surface area contributed by atoms with Crippen LogP contribution in [0.25, 0.3) is 0 Å². The normalized spacial score (nSPS) is 10.5. The maximum atomic E-state index is 12.5. The average molecular weight is 345 g/mol. The van der Waals surface area contributed by atoms with Crippen molar-refractivity contribution >= 4 is 10.0 Å². The first-order valence-electron chi connectivity index (χ1n) is 7.17. The van der Waals surface area contributed by atoms with Crippen molar-refractivity contribution in [2.45, 2.75) is 11.8 Å². The molecule has 126 valence electrons. The summed E-state index contributed by atoms with van der Waals surface area (Å²) in [5.74, 6) is 3.94. The molecule has 0 aromatic heterocycles. The summed E-state index contributed by atoms with van der Waals surface area (Å²) in [4.78, 5) is 0.206. The first kappa shape index (κ1) is 17.7. The molecule has 2 aromatic carbocycles. The van der Waals surface area contributed by atoms with Crippen molar-refractivity contribution in [3.8, 4) is 23.5 Å². The van der Waals surface area contributed by atoms with Crippen molar-refractivity contribution in [2.75, 3.05) is 21.3 Å². The SMILES string of the molecule is COc1ccc(C#CN(C)S(=O)(=O)c2ccc(C)cc2)cc1OC. The zero-order chi connectivity index (χ0) is 17.7. The van der Waals surface area contributed by atoms with E-state index in [0.29, 0.717) is 17.1 Å². The van der Waals surface area contributed by atoms with Gasteiger partial charge in [-0.2, -0.15) is 0 Å².